The molecule has 1 saturated carbocycles. The Morgan fingerprint density at radius 2 is 1.86 bits per heavy atom. The van der Waals surface area contributed by atoms with Crippen molar-refractivity contribution in [3.05, 3.63) is 42.0 Å². The van der Waals surface area contributed by atoms with Crippen molar-refractivity contribution in [1.29, 1.82) is 0 Å². The quantitative estimate of drug-likeness (QED) is 0.885. The molecule has 0 amide bonds. The molecule has 0 radical (unpaired) electrons. The molecular weight excluding hydrogens is 260 g/mol. The first-order valence-electron chi connectivity index (χ1n) is 7.84. The van der Waals surface area contributed by atoms with Gasteiger partial charge in [-0.3, -0.25) is 0 Å². The van der Waals surface area contributed by atoms with E-state index in [1.165, 1.54) is 42.0 Å². The number of hydrogen-bond acceptors (Lipinski definition) is 3. The average molecular weight is 284 g/mol. The summed E-state index contributed by atoms with van der Waals surface area (Å²) in [6, 6.07) is 13.7. The second kappa shape index (κ2) is 6.46. The molecule has 0 spiro atoms. The van der Waals surface area contributed by atoms with Gasteiger partial charge in [0.1, 0.15) is 5.75 Å². The molecule has 0 aromatic heterocycles. The topological polar surface area (TPSA) is 47.3 Å². The molecular formula is C18H24N2O. The van der Waals surface area contributed by atoms with Crippen molar-refractivity contribution >= 4 is 10.8 Å². The Labute approximate surface area is 126 Å². The van der Waals surface area contributed by atoms with Crippen LogP contribution in [0.2, 0.25) is 0 Å². The minimum absolute atomic E-state index is 0.250. The molecule has 112 valence electrons. The highest BCUT2D eigenvalue weighted by Crippen LogP contribution is 2.26. The summed E-state index contributed by atoms with van der Waals surface area (Å²) in [6.07, 6.45) is 5.24. The Morgan fingerprint density at radius 1 is 1.14 bits per heavy atom. The summed E-state index contributed by atoms with van der Waals surface area (Å²) < 4.78 is 5.28. The van der Waals surface area contributed by atoms with E-state index in [4.69, 9.17) is 10.5 Å². The minimum Gasteiger partial charge on any atom is -0.497 e. The maximum atomic E-state index is 5.99. The third-order valence-corrected chi connectivity index (χ3v) is 4.50. The lowest BCUT2D eigenvalue weighted by atomic mass is 10.0. The Morgan fingerprint density at radius 3 is 2.57 bits per heavy atom. The van der Waals surface area contributed by atoms with Crippen LogP contribution in [0.1, 0.15) is 37.3 Å². The van der Waals surface area contributed by atoms with Gasteiger partial charge in [-0.1, -0.05) is 31.0 Å². The van der Waals surface area contributed by atoms with Crippen LogP contribution < -0.4 is 15.8 Å². The van der Waals surface area contributed by atoms with E-state index in [9.17, 15) is 0 Å². The SMILES string of the molecule is COc1ccc2cc(C(CN)NC3CCCC3)ccc2c1. The third kappa shape index (κ3) is 3.20. The second-order valence-electron chi connectivity index (χ2n) is 5.91. The lowest BCUT2D eigenvalue weighted by Crippen LogP contribution is -2.35. The van der Waals surface area contributed by atoms with Crippen molar-refractivity contribution in [3.63, 3.8) is 0 Å². The predicted molar refractivity (Wildman–Crippen MR) is 87.7 cm³/mol. The molecule has 1 fully saturated rings. The smallest absolute Gasteiger partial charge is 0.119 e. The van der Waals surface area contributed by atoms with Crippen LogP contribution in [0.25, 0.3) is 10.8 Å². The zero-order valence-electron chi connectivity index (χ0n) is 12.6. The van der Waals surface area contributed by atoms with Crippen molar-refractivity contribution in [2.24, 2.45) is 5.73 Å². The maximum absolute atomic E-state index is 5.99. The first-order valence-corrected chi connectivity index (χ1v) is 7.84. The molecule has 0 aliphatic heterocycles. The number of fused-ring (bicyclic) bond motifs is 1. The second-order valence-corrected chi connectivity index (χ2v) is 5.91. The van der Waals surface area contributed by atoms with E-state index in [0.717, 1.165) is 5.75 Å². The zero-order chi connectivity index (χ0) is 14.7. The van der Waals surface area contributed by atoms with Crippen LogP contribution in [0.4, 0.5) is 0 Å². The minimum atomic E-state index is 0.250. The van der Waals surface area contributed by atoms with E-state index < -0.39 is 0 Å². The van der Waals surface area contributed by atoms with Crippen molar-refractivity contribution in [1.82, 2.24) is 5.32 Å². The lowest BCUT2D eigenvalue weighted by molar-refractivity contribution is 0.415. The fourth-order valence-corrected chi connectivity index (χ4v) is 3.26. The molecule has 3 nitrogen and oxygen atoms in total. The number of nitrogens with one attached hydrogen (secondary N) is 1. The van der Waals surface area contributed by atoms with Gasteiger partial charge < -0.3 is 15.8 Å². The van der Waals surface area contributed by atoms with Gasteiger partial charge in [-0.15, -0.1) is 0 Å². The number of rotatable bonds is 5. The zero-order valence-corrected chi connectivity index (χ0v) is 12.6. The summed E-state index contributed by atoms with van der Waals surface area (Å²) in [5.74, 6) is 0.898. The van der Waals surface area contributed by atoms with E-state index in [-0.39, 0.29) is 6.04 Å². The fourth-order valence-electron chi connectivity index (χ4n) is 3.26. The van der Waals surface area contributed by atoms with Gasteiger partial charge in [0.05, 0.1) is 7.11 Å². The lowest BCUT2D eigenvalue weighted by Gasteiger charge is -2.22. The summed E-state index contributed by atoms with van der Waals surface area (Å²) in [5.41, 5.74) is 7.27. The van der Waals surface area contributed by atoms with Crippen LogP contribution in [-0.2, 0) is 0 Å². The number of ether oxygens (including phenoxy) is 1. The van der Waals surface area contributed by atoms with Gasteiger partial charge in [0.15, 0.2) is 0 Å². The van der Waals surface area contributed by atoms with Crippen molar-refractivity contribution in [2.45, 2.75) is 37.8 Å². The maximum Gasteiger partial charge on any atom is 0.119 e. The molecule has 3 heteroatoms. The van der Waals surface area contributed by atoms with E-state index in [0.29, 0.717) is 12.6 Å². The highest BCUT2D eigenvalue weighted by Gasteiger charge is 2.19. The third-order valence-electron chi connectivity index (χ3n) is 4.50. The van der Waals surface area contributed by atoms with Crippen LogP contribution in [0.5, 0.6) is 5.75 Å². The summed E-state index contributed by atoms with van der Waals surface area (Å²) in [5, 5.41) is 6.16. The molecule has 21 heavy (non-hydrogen) atoms. The number of benzene rings is 2. The molecule has 0 saturated heterocycles. The van der Waals surface area contributed by atoms with Gasteiger partial charge >= 0.3 is 0 Å². The van der Waals surface area contributed by atoms with Crippen LogP contribution in [0.3, 0.4) is 0 Å². The van der Waals surface area contributed by atoms with Crippen LogP contribution in [0, 0.1) is 0 Å². The number of nitrogens with two attached hydrogens (primary N) is 1. The predicted octanol–water partition coefficient (Wildman–Crippen LogP) is 3.38. The standard InChI is InChI=1S/C18H24N2O/c1-21-17-9-8-13-10-15(7-6-14(13)11-17)18(12-19)20-16-4-2-3-5-16/h6-11,16,18,20H,2-5,12,19H2,1H3. The molecule has 2 aromatic rings. The summed E-state index contributed by atoms with van der Waals surface area (Å²) in [4.78, 5) is 0. The molecule has 2 aromatic carbocycles. The number of hydrogen-bond donors (Lipinski definition) is 2. The molecule has 0 heterocycles. The highest BCUT2D eigenvalue weighted by molar-refractivity contribution is 5.84. The first-order chi connectivity index (χ1) is 10.3. The van der Waals surface area contributed by atoms with E-state index in [2.05, 4.69) is 35.6 Å². The summed E-state index contributed by atoms with van der Waals surface area (Å²) >= 11 is 0. The van der Waals surface area contributed by atoms with E-state index in [1.807, 2.05) is 6.07 Å². The average Bonchev–Trinajstić information content (AvgIpc) is 3.04. The monoisotopic (exact) mass is 284 g/mol. The molecule has 3 rings (SSSR count). The molecule has 0 bridgehead atoms. The summed E-state index contributed by atoms with van der Waals surface area (Å²) in [6.45, 7) is 0.637. The molecule has 3 N–H and O–H groups in total. The van der Waals surface area contributed by atoms with Gasteiger partial charge in [-0.2, -0.15) is 0 Å². The molecule has 1 atom stereocenters. The Balaban J connectivity index is 1.84. The fraction of sp³-hybridized carbons (Fsp3) is 0.444. The van der Waals surface area contributed by atoms with Crippen molar-refractivity contribution in [3.8, 4) is 5.75 Å². The van der Waals surface area contributed by atoms with Gasteiger partial charge in [-0.25, -0.2) is 0 Å². The van der Waals surface area contributed by atoms with Crippen molar-refractivity contribution in [2.75, 3.05) is 13.7 Å². The Bertz CT molecular complexity index is 605. The van der Waals surface area contributed by atoms with Gasteiger partial charge in [0.2, 0.25) is 0 Å². The van der Waals surface area contributed by atoms with Crippen LogP contribution >= 0.6 is 0 Å². The van der Waals surface area contributed by atoms with Gasteiger partial charge in [-0.05, 0) is 47.4 Å². The molecule has 1 unspecified atom stereocenters. The van der Waals surface area contributed by atoms with E-state index >= 15 is 0 Å². The van der Waals surface area contributed by atoms with E-state index in [1.54, 1.807) is 7.11 Å². The highest BCUT2D eigenvalue weighted by atomic mass is 16.5. The van der Waals surface area contributed by atoms with Crippen LogP contribution in [0.15, 0.2) is 36.4 Å². The Kier molecular flexibility index (Phi) is 4.42. The number of methoxy groups -OCH3 is 1. The van der Waals surface area contributed by atoms with Gasteiger partial charge in [0.25, 0.3) is 0 Å². The molecule has 1 aliphatic rings. The first kappa shape index (κ1) is 14.4. The van der Waals surface area contributed by atoms with Gasteiger partial charge in [0, 0.05) is 18.6 Å². The largest absolute Gasteiger partial charge is 0.497 e. The van der Waals surface area contributed by atoms with Crippen LogP contribution in [-0.4, -0.2) is 19.7 Å². The summed E-state index contributed by atoms with van der Waals surface area (Å²) in [7, 11) is 1.70. The normalized spacial score (nSPS) is 17.2. The molecule has 1 aliphatic carbocycles. The van der Waals surface area contributed by atoms with Crippen molar-refractivity contribution < 1.29 is 4.74 Å². The Hall–Kier alpha value is -1.58.